The predicted octanol–water partition coefficient (Wildman–Crippen LogP) is 3.21. The summed E-state index contributed by atoms with van der Waals surface area (Å²) in [6.07, 6.45) is 0. The summed E-state index contributed by atoms with van der Waals surface area (Å²) in [4.78, 5) is 15.4. The van der Waals surface area contributed by atoms with Gasteiger partial charge in [-0.15, -0.1) is 0 Å². The number of benzene rings is 2. The molecule has 21 heavy (non-hydrogen) atoms. The Morgan fingerprint density at radius 1 is 1.10 bits per heavy atom. The van der Waals surface area contributed by atoms with Crippen molar-refractivity contribution in [3.8, 4) is 0 Å². The second-order valence-electron chi connectivity index (χ2n) is 4.21. The molecule has 0 radical (unpaired) electrons. The van der Waals surface area contributed by atoms with Gasteiger partial charge >= 0.3 is 136 Å². The minimum absolute atomic E-state index is 0.235. The number of hydrogen-bond acceptors (Lipinski definition) is 3. The van der Waals surface area contributed by atoms with Crippen molar-refractivity contribution in [2.45, 2.75) is 11.8 Å². The number of carbonyl (C=O) groups is 1. The summed E-state index contributed by atoms with van der Waals surface area (Å²) in [5.41, 5.74) is 0. The number of ether oxygens (including phenoxy) is 1. The van der Waals surface area contributed by atoms with Crippen molar-refractivity contribution in [2.75, 3.05) is 6.61 Å². The third kappa shape index (κ3) is 6.21. The molecule has 2 aromatic carbocycles. The molecule has 0 aliphatic rings. The van der Waals surface area contributed by atoms with Crippen LogP contribution in [0.15, 0.2) is 75.4 Å². The maximum absolute atomic E-state index is 11.0. The van der Waals surface area contributed by atoms with E-state index in [-0.39, 0.29) is 20.9 Å². The molecular weight excluding hydrogens is 347 g/mol. The Bertz CT molecular complexity index is 597. The maximum atomic E-state index is 11.0. The summed E-state index contributed by atoms with van der Waals surface area (Å²) >= 11 is 1.88. The number of carbonyl (C=O) groups excluding carboxylic acids is 1. The van der Waals surface area contributed by atoms with E-state index < -0.39 is 0 Å². The molecule has 0 heterocycles. The van der Waals surface area contributed by atoms with Crippen LogP contribution in [0.25, 0.3) is 0 Å². The summed E-state index contributed by atoms with van der Waals surface area (Å²) < 4.78 is 6.45. The molecule has 0 saturated carbocycles. The Morgan fingerprint density at radius 2 is 1.71 bits per heavy atom. The van der Waals surface area contributed by atoms with E-state index in [1.165, 1.54) is 11.4 Å². The minimum atomic E-state index is -0.248. The van der Waals surface area contributed by atoms with Gasteiger partial charge in [-0.05, 0) is 0 Å². The molecule has 0 atom stereocenters. The molecule has 0 fully saturated rings. The zero-order chi connectivity index (χ0) is 14.9. The SMILES string of the molecule is CC(=O)OC/C(=C/[Se]c1ccccc1)Sc1ccccc1. The van der Waals surface area contributed by atoms with Crippen LogP contribution in [0.1, 0.15) is 6.92 Å². The van der Waals surface area contributed by atoms with Gasteiger partial charge in [0.25, 0.3) is 0 Å². The van der Waals surface area contributed by atoms with Crippen molar-refractivity contribution in [2.24, 2.45) is 0 Å². The van der Waals surface area contributed by atoms with E-state index in [2.05, 4.69) is 29.2 Å². The molecule has 2 nitrogen and oxygen atoms in total. The topological polar surface area (TPSA) is 26.3 Å². The van der Waals surface area contributed by atoms with E-state index in [4.69, 9.17) is 4.74 Å². The van der Waals surface area contributed by atoms with Crippen molar-refractivity contribution in [1.82, 2.24) is 0 Å². The molecule has 2 aromatic rings. The van der Waals surface area contributed by atoms with Gasteiger partial charge in [0.2, 0.25) is 0 Å². The Hall–Kier alpha value is -1.48. The molecule has 0 unspecified atom stereocenters. The van der Waals surface area contributed by atoms with Gasteiger partial charge in [-0.2, -0.15) is 0 Å². The zero-order valence-electron chi connectivity index (χ0n) is 11.7. The molecule has 2 rings (SSSR count). The van der Waals surface area contributed by atoms with Crippen LogP contribution < -0.4 is 4.46 Å². The first kappa shape index (κ1) is 15.9. The molecule has 0 saturated heterocycles. The average molecular weight is 363 g/mol. The van der Waals surface area contributed by atoms with Crippen molar-refractivity contribution in [3.63, 3.8) is 0 Å². The van der Waals surface area contributed by atoms with Gasteiger partial charge in [0.15, 0.2) is 0 Å². The van der Waals surface area contributed by atoms with E-state index in [0.29, 0.717) is 6.61 Å². The molecule has 0 aliphatic carbocycles. The Balaban J connectivity index is 2.05. The third-order valence-electron chi connectivity index (χ3n) is 2.48. The number of thioether (sulfide) groups is 1. The van der Waals surface area contributed by atoms with Gasteiger partial charge in [0.05, 0.1) is 0 Å². The second kappa shape index (κ2) is 8.73. The second-order valence-corrected chi connectivity index (χ2v) is 7.39. The van der Waals surface area contributed by atoms with Crippen molar-refractivity contribution < 1.29 is 9.53 Å². The van der Waals surface area contributed by atoms with Crippen molar-refractivity contribution >= 4 is 37.1 Å². The molecule has 4 heteroatoms. The van der Waals surface area contributed by atoms with Gasteiger partial charge in [-0.3, -0.25) is 0 Å². The Morgan fingerprint density at radius 3 is 2.33 bits per heavy atom. The van der Waals surface area contributed by atoms with Gasteiger partial charge in [-0.1, -0.05) is 0 Å². The first-order chi connectivity index (χ1) is 10.2. The molecule has 0 N–H and O–H groups in total. The third-order valence-corrected chi connectivity index (χ3v) is 5.81. The summed E-state index contributed by atoms with van der Waals surface area (Å²) in [6, 6.07) is 20.5. The fourth-order valence-electron chi connectivity index (χ4n) is 1.53. The molecule has 0 spiro atoms. The first-order valence-electron chi connectivity index (χ1n) is 6.51. The first-order valence-corrected chi connectivity index (χ1v) is 9.17. The van der Waals surface area contributed by atoms with Crippen LogP contribution in [0.4, 0.5) is 0 Å². The Kier molecular flexibility index (Phi) is 6.61. The van der Waals surface area contributed by atoms with E-state index in [0.717, 1.165) is 9.80 Å². The quantitative estimate of drug-likeness (QED) is 0.448. The standard InChI is InChI=1S/C17H16O2SSe/c1-14(18)19-12-16(20-15-8-4-2-5-9-15)13-21-17-10-6-3-7-11-17/h2-11,13H,12H2,1H3/b16-13-. The van der Waals surface area contributed by atoms with Gasteiger partial charge in [0, 0.05) is 0 Å². The van der Waals surface area contributed by atoms with Crippen LogP contribution in [-0.4, -0.2) is 27.5 Å². The summed E-state index contributed by atoms with van der Waals surface area (Å²) in [5, 5.41) is 0. The Labute approximate surface area is 135 Å². The molecule has 0 bridgehead atoms. The van der Waals surface area contributed by atoms with Crippen LogP contribution in [0.2, 0.25) is 0 Å². The molecule has 108 valence electrons. The molecule has 0 aromatic heterocycles. The van der Waals surface area contributed by atoms with Crippen LogP contribution in [0.3, 0.4) is 0 Å². The van der Waals surface area contributed by atoms with Crippen LogP contribution >= 0.6 is 11.8 Å². The van der Waals surface area contributed by atoms with Crippen molar-refractivity contribution in [3.05, 3.63) is 70.5 Å². The van der Waals surface area contributed by atoms with Crippen LogP contribution in [0.5, 0.6) is 0 Å². The zero-order valence-corrected chi connectivity index (χ0v) is 14.2. The molecule has 0 amide bonds. The fraction of sp³-hybridized carbons (Fsp3) is 0.118. The van der Waals surface area contributed by atoms with Crippen molar-refractivity contribution in [1.29, 1.82) is 0 Å². The van der Waals surface area contributed by atoms with Gasteiger partial charge in [-0.25, -0.2) is 0 Å². The monoisotopic (exact) mass is 364 g/mol. The number of hydrogen-bond donors (Lipinski definition) is 0. The summed E-state index contributed by atoms with van der Waals surface area (Å²) in [7, 11) is 0. The molecular formula is C17H16O2SSe. The van der Waals surface area contributed by atoms with Gasteiger partial charge < -0.3 is 0 Å². The van der Waals surface area contributed by atoms with E-state index in [1.807, 2.05) is 36.4 Å². The fourth-order valence-corrected chi connectivity index (χ4v) is 4.21. The summed E-state index contributed by atoms with van der Waals surface area (Å²) in [6.45, 7) is 1.77. The van der Waals surface area contributed by atoms with Crippen LogP contribution in [-0.2, 0) is 9.53 Å². The number of esters is 1. The van der Waals surface area contributed by atoms with Gasteiger partial charge in [0.1, 0.15) is 0 Å². The number of rotatable bonds is 6. The van der Waals surface area contributed by atoms with Crippen LogP contribution in [0, 0.1) is 0 Å². The average Bonchev–Trinajstić information content (AvgIpc) is 2.52. The van der Waals surface area contributed by atoms with E-state index >= 15 is 0 Å². The summed E-state index contributed by atoms with van der Waals surface area (Å²) in [5.74, 6) is -0.248. The normalized spacial score (nSPS) is 11.2. The predicted molar refractivity (Wildman–Crippen MR) is 88.8 cm³/mol. The molecule has 0 aliphatic heterocycles. The van der Waals surface area contributed by atoms with E-state index in [9.17, 15) is 4.79 Å². The van der Waals surface area contributed by atoms with E-state index in [1.54, 1.807) is 11.8 Å².